The van der Waals surface area contributed by atoms with Crippen molar-refractivity contribution in [3.8, 4) is 0 Å². The minimum Gasteiger partial charge on any atom is -0.393 e. The second-order valence-electron chi connectivity index (χ2n) is 4.30. The molecule has 0 heterocycles. The molecule has 0 saturated carbocycles. The number of halogens is 1. The smallest absolute Gasteiger partial charge is 0.0592 e. The van der Waals surface area contributed by atoms with Crippen molar-refractivity contribution in [2.24, 2.45) is 0 Å². The summed E-state index contributed by atoms with van der Waals surface area (Å²) in [6.07, 6.45) is 1.33. The van der Waals surface area contributed by atoms with Gasteiger partial charge >= 0.3 is 0 Å². The minimum atomic E-state index is -0.245. The van der Waals surface area contributed by atoms with Gasteiger partial charge in [-0.15, -0.1) is 0 Å². The Morgan fingerprint density at radius 2 is 2.00 bits per heavy atom. The summed E-state index contributed by atoms with van der Waals surface area (Å²) in [4.78, 5) is 2.34. The van der Waals surface area contributed by atoms with E-state index >= 15 is 0 Å². The zero-order valence-electron chi connectivity index (χ0n) is 10.7. The quantitative estimate of drug-likeness (QED) is 0.836. The number of hydrogen-bond donors (Lipinski definition) is 1. The highest BCUT2D eigenvalue weighted by molar-refractivity contribution is 9.10. The lowest BCUT2D eigenvalue weighted by Crippen LogP contribution is -2.27. The van der Waals surface area contributed by atoms with Crippen LogP contribution in [-0.4, -0.2) is 35.7 Å². The van der Waals surface area contributed by atoms with Crippen molar-refractivity contribution >= 4 is 15.9 Å². The fourth-order valence-corrected chi connectivity index (χ4v) is 2.36. The van der Waals surface area contributed by atoms with E-state index in [0.717, 1.165) is 36.9 Å². The second kappa shape index (κ2) is 7.85. The fourth-order valence-electron chi connectivity index (χ4n) is 1.91. The Bertz CT molecular complexity index is 326. The Morgan fingerprint density at radius 1 is 1.29 bits per heavy atom. The highest BCUT2D eigenvalue weighted by Gasteiger charge is 2.08. The molecule has 1 aromatic carbocycles. The van der Waals surface area contributed by atoms with E-state index in [1.54, 1.807) is 0 Å². The molecule has 0 amide bonds. The van der Waals surface area contributed by atoms with E-state index in [1.165, 1.54) is 5.56 Å². The molecule has 0 aliphatic carbocycles. The van der Waals surface area contributed by atoms with Crippen molar-refractivity contribution in [3.63, 3.8) is 0 Å². The van der Waals surface area contributed by atoms with Gasteiger partial charge in [-0.25, -0.2) is 0 Å². The first-order chi connectivity index (χ1) is 8.15. The number of aliphatic hydroxyl groups is 1. The SMILES string of the molecule is CCN(CC)CCC(O)Cc1cccc(Br)c1. The van der Waals surface area contributed by atoms with Gasteiger partial charge in [0, 0.05) is 11.0 Å². The Labute approximate surface area is 113 Å². The van der Waals surface area contributed by atoms with Crippen LogP contribution in [0.15, 0.2) is 28.7 Å². The molecule has 3 heteroatoms. The van der Waals surface area contributed by atoms with Crippen LogP contribution in [0, 0.1) is 0 Å². The second-order valence-corrected chi connectivity index (χ2v) is 5.22. The molecule has 1 aromatic rings. The minimum absolute atomic E-state index is 0.245. The van der Waals surface area contributed by atoms with Crippen LogP contribution in [-0.2, 0) is 6.42 Å². The standard InChI is InChI=1S/C14H22BrNO/c1-3-16(4-2)9-8-14(17)11-12-6-5-7-13(15)10-12/h5-7,10,14,17H,3-4,8-9,11H2,1-2H3. The third-order valence-corrected chi connectivity index (χ3v) is 3.53. The van der Waals surface area contributed by atoms with Gasteiger partial charge in [0.1, 0.15) is 0 Å². The summed E-state index contributed by atoms with van der Waals surface area (Å²) < 4.78 is 1.07. The summed E-state index contributed by atoms with van der Waals surface area (Å²) >= 11 is 3.45. The van der Waals surface area contributed by atoms with E-state index < -0.39 is 0 Å². The monoisotopic (exact) mass is 299 g/mol. The molecule has 1 atom stereocenters. The largest absolute Gasteiger partial charge is 0.393 e. The number of benzene rings is 1. The van der Waals surface area contributed by atoms with Gasteiger partial charge in [-0.05, 0) is 43.6 Å². The van der Waals surface area contributed by atoms with E-state index in [9.17, 15) is 5.11 Å². The van der Waals surface area contributed by atoms with Crippen LogP contribution in [0.4, 0.5) is 0 Å². The first-order valence-corrected chi connectivity index (χ1v) is 7.09. The zero-order valence-corrected chi connectivity index (χ0v) is 12.3. The molecule has 1 rings (SSSR count). The number of nitrogens with zero attached hydrogens (tertiary/aromatic N) is 1. The topological polar surface area (TPSA) is 23.5 Å². The lowest BCUT2D eigenvalue weighted by atomic mass is 10.1. The molecule has 0 fully saturated rings. The molecule has 0 aliphatic heterocycles. The molecule has 0 aromatic heterocycles. The first kappa shape index (κ1) is 14.7. The maximum Gasteiger partial charge on any atom is 0.0592 e. The van der Waals surface area contributed by atoms with E-state index in [4.69, 9.17) is 0 Å². The van der Waals surface area contributed by atoms with Gasteiger partial charge in [0.2, 0.25) is 0 Å². The molecule has 1 N–H and O–H groups in total. The van der Waals surface area contributed by atoms with E-state index in [2.05, 4.69) is 46.8 Å². The third kappa shape index (κ3) is 5.66. The Balaban J connectivity index is 2.36. The normalized spacial score (nSPS) is 13.0. The molecule has 0 aliphatic rings. The van der Waals surface area contributed by atoms with E-state index in [0.29, 0.717) is 0 Å². The molecular formula is C14H22BrNO. The highest BCUT2D eigenvalue weighted by atomic mass is 79.9. The molecule has 0 saturated heterocycles. The predicted molar refractivity (Wildman–Crippen MR) is 76.3 cm³/mol. The van der Waals surface area contributed by atoms with Crippen LogP contribution in [0.25, 0.3) is 0 Å². The van der Waals surface area contributed by atoms with Crippen LogP contribution in [0.2, 0.25) is 0 Å². The predicted octanol–water partition coefficient (Wildman–Crippen LogP) is 3.08. The molecule has 1 unspecified atom stereocenters. The van der Waals surface area contributed by atoms with Crippen molar-refractivity contribution in [1.29, 1.82) is 0 Å². The van der Waals surface area contributed by atoms with Crippen LogP contribution in [0.3, 0.4) is 0 Å². The summed E-state index contributed by atoms with van der Waals surface area (Å²) in [5.74, 6) is 0. The van der Waals surface area contributed by atoms with Gasteiger partial charge in [0.15, 0.2) is 0 Å². The average molecular weight is 300 g/mol. The van der Waals surface area contributed by atoms with Gasteiger partial charge in [0.25, 0.3) is 0 Å². The lowest BCUT2D eigenvalue weighted by Gasteiger charge is -2.20. The van der Waals surface area contributed by atoms with Crippen molar-refractivity contribution in [2.75, 3.05) is 19.6 Å². The molecule has 96 valence electrons. The van der Waals surface area contributed by atoms with E-state index in [1.807, 2.05) is 12.1 Å². The van der Waals surface area contributed by atoms with Gasteiger partial charge < -0.3 is 10.0 Å². The van der Waals surface area contributed by atoms with Gasteiger partial charge in [-0.3, -0.25) is 0 Å². The van der Waals surface area contributed by atoms with Crippen molar-refractivity contribution < 1.29 is 5.11 Å². The molecule has 0 radical (unpaired) electrons. The summed E-state index contributed by atoms with van der Waals surface area (Å²) in [6, 6.07) is 8.15. The van der Waals surface area contributed by atoms with E-state index in [-0.39, 0.29) is 6.10 Å². The summed E-state index contributed by atoms with van der Waals surface area (Å²) in [7, 11) is 0. The van der Waals surface area contributed by atoms with Crippen LogP contribution < -0.4 is 0 Å². The third-order valence-electron chi connectivity index (χ3n) is 3.03. The number of hydrogen-bond acceptors (Lipinski definition) is 2. The highest BCUT2D eigenvalue weighted by Crippen LogP contribution is 2.14. The maximum absolute atomic E-state index is 9.99. The number of rotatable bonds is 7. The van der Waals surface area contributed by atoms with Crippen molar-refractivity contribution in [2.45, 2.75) is 32.8 Å². The van der Waals surface area contributed by atoms with Crippen LogP contribution in [0.5, 0.6) is 0 Å². The Kier molecular flexibility index (Phi) is 6.78. The van der Waals surface area contributed by atoms with Crippen molar-refractivity contribution in [1.82, 2.24) is 4.90 Å². The Hall–Kier alpha value is -0.380. The van der Waals surface area contributed by atoms with Crippen LogP contribution in [0.1, 0.15) is 25.8 Å². The van der Waals surface area contributed by atoms with Gasteiger partial charge in [0.05, 0.1) is 6.10 Å². The number of aliphatic hydroxyl groups excluding tert-OH is 1. The maximum atomic E-state index is 9.99. The summed E-state index contributed by atoms with van der Waals surface area (Å²) in [5, 5.41) is 9.99. The molecule has 2 nitrogen and oxygen atoms in total. The Morgan fingerprint density at radius 3 is 2.59 bits per heavy atom. The summed E-state index contributed by atoms with van der Waals surface area (Å²) in [6.45, 7) is 7.40. The van der Waals surface area contributed by atoms with Crippen molar-refractivity contribution in [3.05, 3.63) is 34.3 Å². The molecule has 0 spiro atoms. The molecule has 17 heavy (non-hydrogen) atoms. The molecular weight excluding hydrogens is 278 g/mol. The first-order valence-electron chi connectivity index (χ1n) is 6.30. The lowest BCUT2D eigenvalue weighted by molar-refractivity contribution is 0.143. The van der Waals surface area contributed by atoms with Crippen LogP contribution >= 0.6 is 15.9 Å². The fraction of sp³-hybridized carbons (Fsp3) is 0.571. The molecule has 0 bridgehead atoms. The van der Waals surface area contributed by atoms with Gasteiger partial charge in [-0.2, -0.15) is 0 Å². The summed E-state index contributed by atoms with van der Waals surface area (Å²) in [5.41, 5.74) is 1.19. The van der Waals surface area contributed by atoms with Gasteiger partial charge in [-0.1, -0.05) is 41.9 Å². The average Bonchev–Trinajstić information content (AvgIpc) is 2.30. The zero-order chi connectivity index (χ0) is 12.7.